The molecule has 0 aliphatic carbocycles. The van der Waals surface area contributed by atoms with Gasteiger partial charge in [-0.3, -0.25) is 0 Å². The summed E-state index contributed by atoms with van der Waals surface area (Å²) in [6.45, 7) is 8.89. The lowest BCUT2D eigenvalue weighted by Crippen LogP contribution is -2.27. The number of phenolic OH excluding ortho intramolecular Hbond substituents is 1. The summed E-state index contributed by atoms with van der Waals surface area (Å²) >= 11 is 3.54. The molecule has 0 saturated heterocycles. The van der Waals surface area contributed by atoms with Gasteiger partial charge in [0.1, 0.15) is 5.75 Å². The first-order valence-electron chi connectivity index (χ1n) is 5.28. The van der Waals surface area contributed by atoms with Gasteiger partial charge in [-0.25, -0.2) is 0 Å². The van der Waals surface area contributed by atoms with Crippen molar-refractivity contribution < 1.29 is 5.11 Å². The van der Waals surface area contributed by atoms with Gasteiger partial charge in [-0.1, -0.05) is 55.0 Å². The highest BCUT2D eigenvalue weighted by molar-refractivity contribution is 9.09. The third kappa shape index (κ3) is 2.85. The molecule has 0 spiro atoms. The van der Waals surface area contributed by atoms with E-state index in [1.54, 1.807) is 0 Å². The molecule has 0 radical (unpaired) electrons. The Bertz CT molecular complexity index is 347. The van der Waals surface area contributed by atoms with Crippen LogP contribution in [0, 0.1) is 0 Å². The molecule has 1 aromatic carbocycles. The SMILES string of the molecule is C[SiH](C)c1cc(C(C)(C)CBr)ccc1O. The summed E-state index contributed by atoms with van der Waals surface area (Å²) in [6, 6.07) is 6.03. The first-order chi connectivity index (χ1) is 6.88. The molecule has 0 bridgehead atoms. The molecule has 1 N–H and O–H groups in total. The summed E-state index contributed by atoms with van der Waals surface area (Å²) in [7, 11) is -0.944. The van der Waals surface area contributed by atoms with Crippen molar-refractivity contribution in [2.24, 2.45) is 0 Å². The Kier molecular flexibility index (Phi) is 4.01. The zero-order chi connectivity index (χ0) is 11.6. The van der Waals surface area contributed by atoms with Crippen molar-refractivity contribution >= 4 is 29.9 Å². The van der Waals surface area contributed by atoms with Crippen LogP contribution in [-0.4, -0.2) is 19.2 Å². The van der Waals surface area contributed by atoms with E-state index in [-0.39, 0.29) is 5.41 Å². The molecule has 0 aliphatic rings. The number of rotatable bonds is 3. The van der Waals surface area contributed by atoms with Gasteiger partial charge in [0.05, 0.1) is 8.80 Å². The summed E-state index contributed by atoms with van der Waals surface area (Å²) in [6.07, 6.45) is 0. The number of benzene rings is 1. The first-order valence-corrected chi connectivity index (χ1v) is 9.28. The Morgan fingerprint density at radius 1 is 1.33 bits per heavy atom. The number of alkyl halides is 1. The molecule has 0 fully saturated rings. The maximum absolute atomic E-state index is 9.77. The average Bonchev–Trinajstić information content (AvgIpc) is 2.17. The molecule has 1 rings (SSSR count). The van der Waals surface area contributed by atoms with Crippen LogP contribution in [-0.2, 0) is 5.41 Å². The second kappa shape index (κ2) is 4.70. The fourth-order valence-electron chi connectivity index (χ4n) is 1.52. The first kappa shape index (κ1) is 12.8. The van der Waals surface area contributed by atoms with Crippen LogP contribution in [0.3, 0.4) is 0 Å². The molecule has 3 heteroatoms. The zero-order valence-electron chi connectivity index (χ0n) is 9.84. The van der Waals surface area contributed by atoms with Gasteiger partial charge in [-0.05, 0) is 22.2 Å². The average molecular weight is 287 g/mol. The maximum Gasteiger partial charge on any atom is 0.114 e. The van der Waals surface area contributed by atoms with Crippen LogP contribution >= 0.6 is 15.9 Å². The second-order valence-electron chi connectivity index (χ2n) is 4.95. The van der Waals surface area contributed by atoms with Gasteiger partial charge in [-0.15, -0.1) is 0 Å². The van der Waals surface area contributed by atoms with E-state index >= 15 is 0 Å². The molecule has 0 aliphatic heterocycles. The normalized spacial score (nSPS) is 12.1. The number of hydrogen-bond acceptors (Lipinski definition) is 1. The summed E-state index contributed by atoms with van der Waals surface area (Å²) in [5.74, 6) is 0.464. The lowest BCUT2D eigenvalue weighted by molar-refractivity contribution is 0.478. The standard InChI is InChI=1S/C12H19BrOSi/c1-12(2,8-13)9-5-6-10(14)11(7-9)15(3)4/h5-7,14-15H,8H2,1-4H3. The van der Waals surface area contributed by atoms with Crippen molar-refractivity contribution in [2.45, 2.75) is 32.4 Å². The minimum absolute atomic E-state index is 0.131. The second-order valence-corrected chi connectivity index (χ2v) is 8.44. The van der Waals surface area contributed by atoms with Crippen LogP contribution in [0.1, 0.15) is 19.4 Å². The van der Waals surface area contributed by atoms with E-state index in [0.717, 1.165) is 5.33 Å². The van der Waals surface area contributed by atoms with Gasteiger partial charge in [-0.2, -0.15) is 0 Å². The van der Waals surface area contributed by atoms with Crippen LogP contribution in [0.15, 0.2) is 18.2 Å². The van der Waals surface area contributed by atoms with E-state index in [1.807, 2.05) is 12.1 Å². The summed E-state index contributed by atoms with van der Waals surface area (Å²) in [4.78, 5) is 0. The zero-order valence-corrected chi connectivity index (χ0v) is 12.6. The highest BCUT2D eigenvalue weighted by Crippen LogP contribution is 2.26. The fraction of sp³-hybridized carbons (Fsp3) is 0.500. The van der Waals surface area contributed by atoms with Crippen LogP contribution in [0.5, 0.6) is 5.75 Å². The number of aromatic hydroxyl groups is 1. The fourth-order valence-corrected chi connectivity index (χ4v) is 3.04. The Morgan fingerprint density at radius 3 is 2.40 bits per heavy atom. The van der Waals surface area contributed by atoms with Gasteiger partial charge in [0.15, 0.2) is 0 Å². The van der Waals surface area contributed by atoms with Gasteiger partial charge in [0, 0.05) is 5.33 Å². The van der Waals surface area contributed by atoms with E-state index in [9.17, 15) is 5.11 Å². The molecule has 1 nitrogen and oxygen atoms in total. The number of halogens is 1. The molecule has 0 unspecified atom stereocenters. The largest absolute Gasteiger partial charge is 0.508 e. The van der Waals surface area contributed by atoms with Gasteiger partial charge in [0.25, 0.3) is 0 Å². The van der Waals surface area contributed by atoms with Crippen LogP contribution in [0.2, 0.25) is 13.1 Å². The lowest BCUT2D eigenvalue weighted by Gasteiger charge is -2.23. The van der Waals surface area contributed by atoms with Crippen LogP contribution in [0.4, 0.5) is 0 Å². The highest BCUT2D eigenvalue weighted by atomic mass is 79.9. The monoisotopic (exact) mass is 286 g/mol. The Labute approximate surface area is 102 Å². The topological polar surface area (TPSA) is 20.2 Å². The molecular formula is C12H19BrOSi. The molecule has 0 saturated carbocycles. The number of phenols is 1. The molecule has 0 aromatic heterocycles. The quantitative estimate of drug-likeness (QED) is 0.669. The van der Waals surface area contributed by atoms with Crippen molar-refractivity contribution in [3.8, 4) is 5.75 Å². The van der Waals surface area contributed by atoms with Crippen molar-refractivity contribution in [3.63, 3.8) is 0 Å². The highest BCUT2D eigenvalue weighted by Gasteiger charge is 2.20. The summed E-state index contributed by atoms with van der Waals surface area (Å²) in [5.41, 5.74) is 1.43. The summed E-state index contributed by atoms with van der Waals surface area (Å²) in [5, 5.41) is 11.9. The molecule has 0 atom stereocenters. The van der Waals surface area contributed by atoms with Gasteiger partial charge in [0.2, 0.25) is 0 Å². The predicted molar refractivity (Wildman–Crippen MR) is 73.4 cm³/mol. The summed E-state index contributed by atoms with van der Waals surface area (Å²) < 4.78 is 0. The van der Waals surface area contributed by atoms with E-state index in [4.69, 9.17) is 0 Å². The van der Waals surface area contributed by atoms with Crippen molar-refractivity contribution in [3.05, 3.63) is 23.8 Å². The van der Waals surface area contributed by atoms with Crippen molar-refractivity contribution in [2.75, 3.05) is 5.33 Å². The molecule has 0 heterocycles. The minimum Gasteiger partial charge on any atom is -0.508 e. The molecule has 0 amide bonds. The third-order valence-corrected chi connectivity index (χ3v) is 5.87. The maximum atomic E-state index is 9.77. The minimum atomic E-state index is -0.944. The molecule has 84 valence electrons. The van der Waals surface area contributed by atoms with Gasteiger partial charge < -0.3 is 5.11 Å². The van der Waals surface area contributed by atoms with E-state index in [1.165, 1.54) is 10.8 Å². The molecule has 1 aromatic rings. The van der Waals surface area contributed by atoms with E-state index in [2.05, 4.69) is 48.9 Å². The Balaban J connectivity index is 3.19. The number of hydrogen-bond donors (Lipinski definition) is 1. The van der Waals surface area contributed by atoms with Crippen molar-refractivity contribution in [1.82, 2.24) is 0 Å². The Hall–Kier alpha value is -0.283. The Morgan fingerprint density at radius 2 is 1.93 bits per heavy atom. The third-order valence-electron chi connectivity index (χ3n) is 2.77. The van der Waals surface area contributed by atoms with Crippen LogP contribution < -0.4 is 5.19 Å². The predicted octanol–water partition coefficient (Wildman–Crippen LogP) is 2.76. The molecule has 15 heavy (non-hydrogen) atoms. The lowest BCUT2D eigenvalue weighted by atomic mass is 9.87. The van der Waals surface area contributed by atoms with Crippen molar-refractivity contribution in [1.29, 1.82) is 0 Å². The molecular weight excluding hydrogens is 268 g/mol. The van der Waals surface area contributed by atoms with Crippen LogP contribution in [0.25, 0.3) is 0 Å². The van der Waals surface area contributed by atoms with E-state index in [0.29, 0.717) is 5.75 Å². The smallest absolute Gasteiger partial charge is 0.114 e. The van der Waals surface area contributed by atoms with Gasteiger partial charge >= 0.3 is 0 Å². The van der Waals surface area contributed by atoms with E-state index < -0.39 is 8.80 Å².